The second-order valence-corrected chi connectivity index (χ2v) is 6.49. The van der Waals surface area contributed by atoms with E-state index in [1.807, 2.05) is 0 Å². The van der Waals surface area contributed by atoms with Crippen molar-refractivity contribution in [3.63, 3.8) is 0 Å². The monoisotopic (exact) mass is 254 g/mol. The molecular weight excluding hydrogens is 240 g/mol. The highest BCUT2D eigenvalue weighted by Crippen LogP contribution is 2.47. The molecule has 1 aliphatic carbocycles. The lowest BCUT2D eigenvalue weighted by Gasteiger charge is -2.13. The van der Waals surface area contributed by atoms with Gasteiger partial charge in [0, 0.05) is 0 Å². The van der Waals surface area contributed by atoms with Crippen molar-refractivity contribution in [2.45, 2.75) is 29.4 Å². The number of hydrogen-bond acceptors (Lipinski definition) is 4. The van der Waals surface area contributed by atoms with Gasteiger partial charge in [-0.15, -0.1) is 0 Å². The van der Waals surface area contributed by atoms with Gasteiger partial charge in [0.05, 0.1) is 12.0 Å². The number of ether oxygens (including phenoxy) is 1. The topological polar surface area (TPSA) is 60.4 Å². The predicted molar refractivity (Wildman–Crippen MR) is 62.8 cm³/mol. The van der Waals surface area contributed by atoms with Gasteiger partial charge in [-0.2, -0.15) is 0 Å². The van der Waals surface area contributed by atoms with Crippen LogP contribution in [0.1, 0.15) is 19.8 Å². The van der Waals surface area contributed by atoms with E-state index in [9.17, 15) is 13.2 Å². The normalized spacial score (nSPS) is 17.5. The second kappa shape index (κ2) is 3.84. The van der Waals surface area contributed by atoms with Crippen LogP contribution in [0.25, 0.3) is 0 Å². The van der Waals surface area contributed by atoms with Crippen molar-refractivity contribution in [1.82, 2.24) is 0 Å². The van der Waals surface area contributed by atoms with Crippen molar-refractivity contribution >= 4 is 15.6 Å². The first-order valence-corrected chi connectivity index (χ1v) is 6.82. The van der Waals surface area contributed by atoms with Crippen molar-refractivity contribution in [2.24, 2.45) is 0 Å². The summed E-state index contributed by atoms with van der Waals surface area (Å²) in [5.74, 6) is 0.200. The van der Waals surface area contributed by atoms with Crippen LogP contribution in [0.4, 0.5) is 0 Å². The molecule has 0 radical (unpaired) electrons. The minimum Gasteiger partial charge on any atom is -0.497 e. The third kappa shape index (κ3) is 1.74. The van der Waals surface area contributed by atoms with E-state index in [0.717, 1.165) is 0 Å². The Balaban J connectivity index is 2.49. The van der Waals surface area contributed by atoms with Crippen LogP contribution in [0.15, 0.2) is 29.2 Å². The van der Waals surface area contributed by atoms with Gasteiger partial charge in [0.2, 0.25) is 0 Å². The maximum absolute atomic E-state index is 12.3. The summed E-state index contributed by atoms with van der Waals surface area (Å²) in [6, 6.07) is 6.24. The molecule has 0 spiro atoms. The Labute approximate surface area is 101 Å². The maximum atomic E-state index is 12.3. The summed E-state index contributed by atoms with van der Waals surface area (Å²) >= 11 is 0. The molecule has 1 aliphatic rings. The Hall–Kier alpha value is -1.36. The number of carbonyl (C=O) groups excluding carboxylic acids is 1. The molecule has 92 valence electrons. The van der Waals surface area contributed by atoms with Crippen LogP contribution >= 0.6 is 0 Å². The summed E-state index contributed by atoms with van der Waals surface area (Å²) in [4.78, 5) is 11.6. The van der Waals surface area contributed by atoms with Crippen LogP contribution in [-0.2, 0) is 14.6 Å². The Morgan fingerprint density at radius 2 is 2.00 bits per heavy atom. The van der Waals surface area contributed by atoms with Crippen LogP contribution in [0.5, 0.6) is 5.75 Å². The number of sulfone groups is 1. The van der Waals surface area contributed by atoms with Crippen molar-refractivity contribution < 1.29 is 17.9 Å². The average Bonchev–Trinajstić information content (AvgIpc) is 3.10. The fraction of sp³-hybridized carbons (Fsp3) is 0.417. The molecule has 0 unspecified atom stereocenters. The quantitative estimate of drug-likeness (QED) is 0.818. The highest BCUT2D eigenvalue weighted by molar-refractivity contribution is 7.94. The Kier molecular flexibility index (Phi) is 2.73. The first-order chi connectivity index (χ1) is 7.94. The van der Waals surface area contributed by atoms with Crippen LogP contribution < -0.4 is 4.74 Å². The summed E-state index contributed by atoms with van der Waals surface area (Å²) in [7, 11) is -2.11. The van der Waals surface area contributed by atoms with Gasteiger partial charge in [-0.25, -0.2) is 8.42 Å². The van der Waals surface area contributed by atoms with E-state index in [2.05, 4.69) is 0 Å². The summed E-state index contributed by atoms with van der Waals surface area (Å²) in [6.45, 7) is 1.34. The SMILES string of the molecule is COc1cccc(S(=O)(=O)C2(C(C)=O)CC2)c1. The van der Waals surface area contributed by atoms with Gasteiger partial charge in [-0.05, 0) is 38.0 Å². The van der Waals surface area contributed by atoms with E-state index in [1.165, 1.54) is 26.2 Å². The molecule has 0 amide bonds. The molecule has 0 aromatic heterocycles. The van der Waals surface area contributed by atoms with Gasteiger partial charge in [0.1, 0.15) is 10.5 Å². The molecule has 1 fully saturated rings. The summed E-state index contributed by atoms with van der Waals surface area (Å²) < 4.78 is 28.5. The minimum absolute atomic E-state index is 0.157. The van der Waals surface area contributed by atoms with E-state index in [4.69, 9.17) is 4.74 Å². The third-order valence-electron chi connectivity index (χ3n) is 3.21. The Morgan fingerprint density at radius 1 is 1.35 bits per heavy atom. The molecular formula is C12H14O4S. The molecule has 4 nitrogen and oxygen atoms in total. The van der Waals surface area contributed by atoms with Gasteiger partial charge in [-0.1, -0.05) is 6.07 Å². The van der Waals surface area contributed by atoms with Crippen molar-refractivity contribution in [2.75, 3.05) is 7.11 Å². The molecule has 17 heavy (non-hydrogen) atoms. The number of carbonyl (C=O) groups is 1. The zero-order valence-electron chi connectivity index (χ0n) is 9.76. The van der Waals surface area contributed by atoms with E-state index >= 15 is 0 Å². The first kappa shape index (κ1) is 12.1. The summed E-state index contributed by atoms with van der Waals surface area (Å²) in [6.07, 6.45) is 0.837. The smallest absolute Gasteiger partial charge is 0.191 e. The molecule has 2 rings (SSSR count). The number of rotatable bonds is 4. The van der Waals surface area contributed by atoms with E-state index in [-0.39, 0.29) is 10.7 Å². The standard InChI is InChI=1S/C12H14O4S/c1-9(13)12(6-7-12)17(14,15)11-5-3-4-10(8-11)16-2/h3-5,8H,6-7H2,1-2H3. The number of ketones is 1. The van der Waals surface area contributed by atoms with Crippen LogP contribution in [0, 0.1) is 0 Å². The lowest BCUT2D eigenvalue weighted by atomic mass is 10.3. The summed E-state index contributed by atoms with van der Waals surface area (Å²) in [5.41, 5.74) is 0. The van der Waals surface area contributed by atoms with Gasteiger partial charge >= 0.3 is 0 Å². The van der Waals surface area contributed by atoms with Crippen molar-refractivity contribution in [3.05, 3.63) is 24.3 Å². The maximum Gasteiger partial charge on any atom is 0.191 e. The second-order valence-electron chi connectivity index (χ2n) is 4.23. The van der Waals surface area contributed by atoms with Crippen LogP contribution in [0.2, 0.25) is 0 Å². The number of benzene rings is 1. The van der Waals surface area contributed by atoms with E-state index in [0.29, 0.717) is 18.6 Å². The Bertz CT molecular complexity index is 556. The lowest BCUT2D eigenvalue weighted by Crippen LogP contribution is -2.30. The number of Topliss-reactive ketones (excluding diaryl/α,β-unsaturated/α-hetero) is 1. The highest BCUT2D eigenvalue weighted by Gasteiger charge is 2.58. The number of methoxy groups -OCH3 is 1. The molecule has 0 atom stereocenters. The molecule has 0 saturated heterocycles. The van der Waals surface area contributed by atoms with Gasteiger partial charge in [-0.3, -0.25) is 4.79 Å². The molecule has 5 heteroatoms. The minimum atomic E-state index is -3.59. The zero-order valence-corrected chi connectivity index (χ0v) is 10.6. The zero-order chi connectivity index (χ0) is 12.7. The highest BCUT2D eigenvalue weighted by atomic mass is 32.2. The molecule has 0 N–H and O–H groups in total. The number of hydrogen-bond donors (Lipinski definition) is 0. The molecule has 0 bridgehead atoms. The molecule has 0 heterocycles. The van der Waals surface area contributed by atoms with Crippen molar-refractivity contribution in [3.8, 4) is 5.75 Å². The van der Waals surface area contributed by atoms with Crippen molar-refractivity contribution in [1.29, 1.82) is 0 Å². The largest absolute Gasteiger partial charge is 0.497 e. The first-order valence-electron chi connectivity index (χ1n) is 5.34. The van der Waals surface area contributed by atoms with Gasteiger partial charge in [0.25, 0.3) is 0 Å². The molecule has 1 aromatic rings. The fourth-order valence-electron chi connectivity index (χ4n) is 1.92. The molecule has 1 saturated carbocycles. The Morgan fingerprint density at radius 3 is 2.47 bits per heavy atom. The predicted octanol–water partition coefficient (Wildman–Crippen LogP) is 1.59. The van der Waals surface area contributed by atoms with Gasteiger partial charge in [0.15, 0.2) is 15.6 Å². The molecule has 0 aliphatic heterocycles. The van der Waals surface area contributed by atoms with Gasteiger partial charge < -0.3 is 4.74 Å². The lowest BCUT2D eigenvalue weighted by molar-refractivity contribution is -0.117. The van der Waals surface area contributed by atoms with E-state index < -0.39 is 14.6 Å². The third-order valence-corrected chi connectivity index (χ3v) is 5.81. The van der Waals surface area contributed by atoms with E-state index in [1.54, 1.807) is 12.1 Å². The fourth-order valence-corrected chi connectivity index (χ4v) is 3.92. The average molecular weight is 254 g/mol. The van der Waals surface area contributed by atoms with Crippen LogP contribution in [0.3, 0.4) is 0 Å². The summed E-state index contributed by atoms with van der Waals surface area (Å²) in [5, 5.41) is 0. The van der Waals surface area contributed by atoms with Crippen LogP contribution in [-0.4, -0.2) is 26.1 Å². The molecule has 1 aromatic carbocycles.